The highest BCUT2D eigenvalue weighted by atomic mass is 35.5. The fourth-order valence-electron chi connectivity index (χ4n) is 1.80. The van der Waals surface area contributed by atoms with Crippen LogP contribution in [0.15, 0.2) is 40.8 Å². The Labute approximate surface area is 116 Å². The quantitative estimate of drug-likeness (QED) is 0.913. The van der Waals surface area contributed by atoms with Gasteiger partial charge in [0, 0.05) is 11.6 Å². The second kappa shape index (κ2) is 5.91. The number of furan rings is 1. The van der Waals surface area contributed by atoms with Gasteiger partial charge in [-0.1, -0.05) is 23.7 Å². The minimum atomic E-state index is -1.05. The van der Waals surface area contributed by atoms with E-state index >= 15 is 0 Å². The number of carboxylic acids is 1. The van der Waals surface area contributed by atoms with Crippen LogP contribution in [-0.4, -0.2) is 23.0 Å². The molecule has 5 heteroatoms. The van der Waals surface area contributed by atoms with Gasteiger partial charge in [0.05, 0.1) is 6.54 Å². The summed E-state index contributed by atoms with van der Waals surface area (Å²) < 4.78 is 5.21. The van der Waals surface area contributed by atoms with Gasteiger partial charge in [-0.25, -0.2) is 4.79 Å². The number of hydrogen-bond donors (Lipinski definition) is 1. The fraction of sp³-hybridized carbons (Fsp3) is 0.214. The van der Waals surface area contributed by atoms with Gasteiger partial charge in [-0.05, 0) is 36.9 Å². The summed E-state index contributed by atoms with van der Waals surface area (Å²) in [5, 5.41) is 9.49. The van der Waals surface area contributed by atoms with Crippen LogP contribution in [0, 0.1) is 0 Å². The van der Waals surface area contributed by atoms with Crippen LogP contribution in [0.25, 0.3) is 0 Å². The molecule has 0 bridgehead atoms. The van der Waals surface area contributed by atoms with Gasteiger partial charge in [0.15, 0.2) is 0 Å². The van der Waals surface area contributed by atoms with E-state index in [1.165, 1.54) is 6.07 Å². The van der Waals surface area contributed by atoms with Crippen molar-refractivity contribution in [3.63, 3.8) is 0 Å². The van der Waals surface area contributed by atoms with E-state index in [2.05, 4.69) is 0 Å². The molecule has 0 saturated heterocycles. The third-order valence-corrected chi connectivity index (χ3v) is 2.92. The van der Waals surface area contributed by atoms with E-state index in [-0.39, 0.29) is 5.76 Å². The maximum Gasteiger partial charge on any atom is 0.371 e. The van der Waals surface area contributed by atoms with Crippen molar-refractivity contribution in [2.75, 3.05) is 7.05 Å². The smallest absolute Gasteiger partial charge is 0.371 e. The van der Waals surface area contributed by atoms with Gasteiger partial charge in [0.2, 0.25) is 5.76 Å². The van der Waals surface area contributed by atoms with Gasteiger partial charge in [-0.3, -0.25) is 4.90 Å². The Morgan fingerprint density at radius 2 is 1.89 bits per heavy atom. The summed E-state index contributed by atoms with van der Waals surface area (Å²) in [6.45, 7) is 1.29. The van der Waals surface area contributed by atoms with Crippen LogP contribution in [0.5, 0.6) is 0 Å². The standard InChI is InChI=1S/C14H14ClNO3/c1-16(8-10-2-4-11(15)5-3-10)9-12-6-7-13(19-12)14(17)18/h2-7H,8-9H2,1H3,(H,17,18). The number of hydrogen-bond acceptors (Lipinski definition) is 3. The fourth-order valence-corrected chi connectivity index (χ4v) is 1.93. The zero-order valence-corrected chi connectivity index (χ0v) is 11.2. The number of nitrogens with zero attached hydrogens (tertiary/aromatic N) is 1. The van der Waals surface area contributed by atoms with E-state index in [0.717, 1.165) is 12.1 Å². The Balaban J connectivity index is 1.94. The molecule has 19 heavy (non-hydrogen) atoms. The first-order chi connectivity index (χ1) is 9.04. The highest BCUT2D eigenvalue weighted by Gasteiger charge is 2.10. The van der Waals surface area contributed by atoms with E-state index in [1.54, 1.807) is 6.07 Å². The molecule has 0 amide bonds. The summed E-state index contributed by atoms with van der Waals surface area (Å²) in [5.74, 6) is -0.449. The zero-order chi connectivity index (χ0) is 13.8. The molecule has 2 aromatic rings. The number of aromatic carboxylic acids is 1. The molecule has 1 N–H and O–H groups in total. The van der Waals surface area contributed by atoms with Crippen LogP contribution >= 0.6 is 11.6 Å². The Hall–Kier alpha value is -1.78. The lowest BCUT2D eigenvalue weighted by atomic mass is 10.2. The van der Waals surface area contributed by atoms with Crippen molar-refractivity contribution < 1.29 is 14.3 Å². The highest BCUT2D eigenvalue weighted by molar-refractivity contribution is 6.30. The average Bonchev–Trinajstić information content (AvgIpc) is 2.80. The molecule has 1 heterocycles. The molecule has 0 unspecified atom stereocenters. The van der Waals surface area contributed by atoms with Gasteiger partial charge in [-0.15, -0.1) is 0 Å². The van der Waals surface area contributed by atoms with Crippen LogP contribution in [0.4, 0.5) is 0 Å². The molecular weight excluding hydrogens is 266 g/mol. The molecule has 1 aromatic heterocycles. The van der Waals surface area contributed by atoms with Crippen molar-refractivity contribution in [2.24, 2.45) is 0 Å². The largest absolute Gasteiger partial charge is 0.475 e. The first-order valence-electron chi connectivity index (χ1n) is 5.79. The molecule has 100 valence electrons. The molecular formula is C14H14ClNO3. The summed E-state index contributed by atoms with van der Waals surface area (Å²) in [7, 11) is 1.94. The van der Waals surface area contributed by atoms with Gasteiger partial charge >= 0.3 is 5.97 Å². The SMILES string of the molecule is CN(Cc1ccc(Cl)cc1)Cc1ccc(C(=O)O)o1. The Bertz CT molecular complexity index is 562. The minimum Gasteiger partial charge on any atom is -0.475 e. The summed E-state index contributed by atoms with van der Waals surface area (Å²) in [6, 6.07) is 10.8. The van der Waals surface area contributed by atoms with E-state index in [1.807, 2.05) is 36.2 Å². The highest BCUT2D eigenvalue weighted by Crippen LogP contribution is 2.14. The number of carbonyl (C=O) groups is 1. The van der Waals surface area contributed by atoms with Crippen LogP contribution in [0.2, 0.25) is 5.02 Å². The number of halogens is 1. The topological polar surface area (TPSA) is 53.7 Å². The normalized spacial score (nSPS) is 10.9. The van der Waals surface area contributed by atoms with Gasteiger partial charge < -0.3 is 9.52 Å². The van der Waals surface area contributed by atoms with Crippen LogP contribution in [0.1, 0.15) is 21.9 Å². The van der Waals surface area contributed by atoms with Crippen molar-refractivity contribution in [3.8, 4) is 0 Å². The molecule has 0 aliphatic heterocycles. The molecule has 1 aromatic carbocycles. The summed E-state index contributed by atoms with van der Waals surface area (Å²) >= 11 is 5.83. The van der Waals surface area contributed by atoms with E-state index in [9.17, 15) is 4.79 Å². The number of carboxylic acid groups (broad SMARTS) is 1. The molecule has 0 aliphatic carbocycles. The summed E-state index contributed by atoms with van der Waals surface area (Å²) in [6.07, 6.45) is 0. The Morgan fingerprint density at radius 1 is 1.21 bits per heavy atom. The maximum absolute atomic E-state index is 10.7. The van der Waals surface area contributed by atoms with Crippen molar-refractivity contribution in [3.05, 3.63) is 58.5 Å². The monoisotopic (exact) mass is 279 g/mol. The van der Waals surface area contributed by atoms with Gasteiger partial charge in [0.25, 0.3) is 0 Å². The first kappa shape index (κ1) is 13.6. The molecule has 0 radical (unpaired) electrons. The van der Waals surface area contributed by atoms with Crippen molar-refractivity contribution in [1.29, 1.82) is 0 Å². The van der Waals surface area contributed by atoms with Crippen LogP contribution in [0.3, 0.4) is 0 Å². The van der Waals surface area contributed by atoms with Crippen molar-refractivity contribution in [1.82, 2.24) is 4.90 Å². The summed E-state index contributed by atoms with van der Waals surface area (Å²) in [4.78, 5) is 12.7. The Kier molecular flexibility index (Phi) is 4.24. The lowest BCUT2D eigenvalue weighted by Crippen LogP contribution is -2.16. The van der Waals surface area contributed by atoms with Crippen LogP contribution < -0.4 is 0 Å². The van der Waals surface area contributed by atoms with Crippen LogP contribution in [-0.2, 0) is 13.1 Å². The third kappa shape index (κ3) is 3.84. The third-order valence-electron chi connectivity index (χ3n) is 2.66. The lowest BCUT2D eigenvalue weighted by molar-refractivity contribution is 0.0658. The van der Waals surface area contributed by atoms with Gasteiger partial charge in [-0.2, -0.15) is 0 Å². The zero-order valence-electron chi connectivity index (χ0n) is 10.5. The molecule has 0 aliphatic rings. The molecule has 0 saturated carbocycles. The molecule has 4 nitrogen and oxygen atoms in total. The number of rotatable bonds is 5. The van der Waals surface area contributed by atoms with Crippen molar-refractivity contribution >= 4 is 17.6 Å². The second-order valence-electron chi connectivity index (χ2n) is 4.37. The van der Waals surface area contributed by atoms with Gasteiger partial charge in [0.1, 0.15) is 5.76 Å². The summed E-state index contributed by atoms with van der Waals surface area (Å²) in [5.41, 5.74) is 1.14. The number of benzene rings is 1. The lowest BCUT2D eigenvalue weighted by Gasteiger charge is -2.15. The second-order valence-corrected chi connectivity index (χ2v) is 4.81. The average molecular weight is 280 g/mol. The predicted octanol–water partition coefficient (Wildman–Crippen LogP) is 3.26. The van der Waals surface area contributed by atoms with E-state index < -0.39 is 5.97 Å². The molecule has 0 atom stereocenters. The first-order valence-corrected chi connectivity index (χ1v) is 6.17. The van der Waals surface area contributed by atoms with E-state index in [0.29, 0.717) is 17.3 Å². The predicted molar refractivity (Wildman–Crippen MR) is 72.3 cm³/mol. The molecule has 2 rings (SSSR count). The molecule has 0 fully saturated rings. The maximum atomic E-state index is 10.7. The minimum absolute atomic E-state index is 0.0325. The van der Waals surface area contributed by atoms with E-state index in [4.69, 9.17) is 21.1 Å². The van der Waals surface area contributed by atoms with Crippen molar-refractivity contribution in [2.45, 2.75) is 13.1 Å². The Morgan fingerprint density at radius 3 is 2.47 bits per heavy atom. The molecule has 0 spiro atoms.